The molecule has 3 rings (SSSR count). The van der Waals surface area contributed by atoms with Gasteiger partial charge < -0.3 is 14.2 Å². The van der Waals surface area contributed by atoms with Crippen molar-refractivity contribution >= 4 is 28.9 Å². The molecule has 0 aliphatic carbocycles. The Kier molecular flexibility index (Phi) is 8.43. The fourth-order valence-electron chi connectivity index (χ4n) is 3.24. The van der Waals surface area contributed by atoms with E-state index < -0.39 is 12.1 Å². The van der Waals surface area contributed by atoms with Gasteiger partial charge in [-0.25, -0.2) is 4.98 Å². The number of rotatable bonds is 11. The molecule has 2 aromatic rings. The second-order valence-corrected chi connectivity index (χ2v) is 8.37. The summed E-state index contributed by atoms with van der Waals surface area (Å²) >= 11 is 1.63. The molecular formula is C23H30N2O5S. The van der Waals surface area contributed by atoms with Gasteiger partial charge in [0.05, 0.1) is 23.0 Å². The van der Waals surface area contributed by atoms with Crippen LogP contribution in [-0.2, 0) is 25.5 Å². The van der Waals surface area contributed by atoms with Crippen molar-refractivity contribution in [2.24, 2.45) is 0 Å². The first kappa shape index (κ1) is 23.2. The highest BCUT2D eigenvalue weighted by Crippen LogP contribution is 2.37. The number of ether oxygens (including phenoxy) is 3. The molecule has 1 unspecified atom stereocenters. The summed E-state index contributed by atoms with van der Waals surface area (Å²) in [5.74, 6) is -0.182. The Bertz CT molecular complexity index is 898. The van der Waals surface area contributed by atoms with Crippen LogP contribution in [0.2, 0.25) is 0 Å². The molecule has 1 aromatic carbocycles. The number of aryl methyl sites for hydroxylation is 1. The van der Waals surface area contributed by atoms with Crippen LogP contribution in [0, 0.1) is 0 Å². The summed E-state index contributed by atoms with van der Waals surface area (Å²) in [6.07, 6.45) is 3.34. The number of thiazole rings is 1. The fourth-order valence-corrected chi connectivity index (χ4v) is 4.15. The third kappa shape index (κ3) is 6.04. The maximum atomic E-state index is 12.8. The van der Waals surface area contributed by atoms with Crippen LogP contribution in [0.25, 0.3) is 11.3 Å². The third-order valence-corrected chi connectivity index (χ3v) is 5.81. The van der Waals surface area contributed by atoms with Gasteiger partial charge in [0, 0.05) is 17.6 Å². The lowest BCUT2D eigenvalue weighted by Gasteiger charge is -2.32. The van der Waals surface area contributed by atoms with E-state index in [2.05, 4.69) is 18.8 Å². The average molecular weight is 447 g/mol. The molecule has 0 fully saturated rings. The van der Waals surface area contributed by atoms with E-state index in [1.807, 2.05) is 23.6 Å². The standard InChI is InChI=1S/C23H30N2O5S/c1-4-6-10-28-11-12-29-22(26)14-25-19-13-17(18-15-31-21(24-18)7-5-2)8-9-20(19)30-16(3)23(25)27/h8-9,13,15-16H,4-7,10-12,14H2,1-3H3. The molecule has 0 spiro atoms. The van der Waals surface area contributed by atoms with E-state index in [0.29, 0.717) is 24.7 Å². The number of nitrogens with zero attached hydrogens (tertiary/aromatic N) is 2. The summed E-state index contributed by atoms with van der Waals surface area (Å²) in [5.41, 5.74) is 2.29. The summed E-state index contributed by atoms with van der Waals surface area (Å²) < 4.78 is 16.4. The molecule has 0 saturated carbocycles. The van der Waals surface area contributed by atoms with E-state index in [9.17, 15) is 9.59 Å². The quantitative estimate of drug-likeness (QED) is 0.380. The molecule has 1 aromatic heterocycles. The van der Waals surface area contributed by atoms with Crippen molar-refractivity contribution in [2.45, 2.75) is 52.6 Å². The van der Waals surface area contributed by atoms with E-state index in [4.69, 9.17) is 14.2 Å². The Morgan fingerprint density at radius 2 is 2.06 bits per heavy atom. The van der Waals surface area contributed by atoms with Gasteiger partial charge in [0.15, 0.2) is 6.10 Å². The molecular weight excluding hydrogens is 416 g/mol. The molecule has 7 nitrogen and oxygen atoms in total. The van der Waals surface area contributed by atoms with Crippen molar-refractivity contribution in [3.63, 3.8) is 0 Å². The van der Waals surface area contributed by atoms with Crippen LogP contribution in [-0.4, -0.2) is 49.3 Å². The highest BCUT2D eigenvalue weighted by Gasteiger charge is 2.33. The summed E-state index contributed by atoms with van der Waals surface area (Å²) in [4.78, 5) is 31.2. The van der Waals surface area contributed by atoms with Crippen molar-refractivity contribution in [3.8, 4) is 17.0 Å². The number of unbranched alkanes of at least 4 members (excludes halogenated alkanes) is 1. The lowest BCUT2D eigenvalue weighted by molar-refractivity contribution is -0.144. The number of carbonyl (C=O) groups excluding carboxylic acids is 2. The van der Waals surface area contributed by atoms with Gasteiger partial charge in [-0.15, -0.1) is 11.3 Å². The number of esters is 1. The van der Waals surface area contributed by atoms with Crippen molar-refractivity contribution in [1.29, 1.82) is 0 Å². The van der Waals surface area contributed by atoms with E-state index >= 15 is 0 Å². The van der Waals surface area contributed by atoms with E-state index in [1.54, 1.807) is 18.3 Å². The molecule has 1 aliphatic heterocycles. The van der Waals surface area contributed by atoms with Gasteiger partial charge in [-0.1, -0.05) is 20.3 Å². The van der Waals surface area contributed by atoms with E-state index in [-0.39, 0.29) is 19.1 Å². The molecule has 1 aliphatic rings. The zero-order chi connectivity index (χ0) is 22.2. The molecule has 0 bridgehead atoms. The van der Waals surface area contributed by atoms with Gasteiger partial charge in [-0.3, -0.25) is 14.5 Å². The first-order valence-corrected chi connectivity index (χ1v) is 11.7. The third-order valence-electron chi connectivity index (χ3n) is 4.90. The van der Waals surface area contributed by atoms with Gasteiger partial charge in [0.25, 0.3) is 5.91 Å². The topological polar surface area (TPSA) is 78.0 Å². The number of benzene rings is 1. The van der Waals surface area contributed by atoms with E-state index in [0.717, 1.165) is 41.9 Å². The number of hydrogen-bond acceptors (Lipinski definition) is 7. The molecule has 1 atom stereocenters. The predicted octanol–water partition coefficient (Wildman–Crippen LogP) is 4.24. The predicted molar refractivity (Wildman–Crippen MR) is 121 cm³/mol. The lowest BCUT2D eigenvalue weighted by Crippen LogP contribution is -2.47. The summed E-state index contributed by atoms with van der Waals surface area (Å²) in [5, 5.41) is 3.09. The number of carbonyl (C=O) groups is 2. The van der Waals surface area contributed by atoms with Crippen LogP contribution in [0.15, 0.2) is 23.6 Å². The van der Waals surface area contributed by atoms with Crippen LogP contribution >= 0.6 is 11.3 Å². The van der Waals surface area contributed by atoms with Crippen molar-refractivity contribution in [3.05, 3.63) is 28.6 Å². The second-order valence-electron chi connectivity index (χ2n) is 7.43. The van der Waals surface area contributed by atoms with Gasteiger partial charge in [-0.2, -0.15) is 0 Å². The molecule has 8 heteroatoms. The maximum absolute atomic E-state index is 12.8. The maximum Gasteiger partial charge on any atom is 0.326 e. The minimum absolute atomic E-state index is 0.169. The van der Waals surface area contributed by atoms with Crippen LogP contribution in [0.1, 0.15) is 45.0 Å². The monoisotopic (exact) mass is 446 g/mol. The molecule has 0 N–H and O–H groups in total. The Morgan fingerprint density at radius 1 is 1.23 bits per heavy atom. The zero-order valence-electron chi connectivity index (χ0n) is 18.4. The summed E-state index contributed by atoms with van der Waals surface area (Å²) in [6.45, 7) is 6.89. The minimum Gasteiger partial charge on any atom is -0.479 e. The van der Waals surface area contributed by atoms with Crippen LogP contribution in [0.4, 0.5) is 5.69 Å². The molecule has 168 valence electrons. The van der Waals surface area contributed by atoms with Crippen LogP contribution < -0.4 is 9.64 Å². The lowest BCUT2D eigenvalue weighted by atomic mass is 10.1. The Balaban J connectivity index is 1.71. The van der Waals surface area contributed by atoms with Gasteiger partial charge >= 0.3 is 5.97 Å². The zero-order valence-corrected chi connectivity index (χ0v) is 19.2. The second kappa shape index (κ2) is 11.2. The number of amides is 1. The highest BCUT2D eigenvalue weighted by molar-refractivity contribution is 7.09. The van der Waals surface area contributed by atoms with Gasteiger partial charge in [-0.05, 0) is 44.4 Å². The Labute approximate surface area is 187 Å². The molecule has 0 saturated heterocycles. The summed E-state index contributed by atoms with van der Waals surface area (Å²) in [7, 11) is 0. The Hall–Kier alpha value is -2.45. The SMILES string of the molecule is CCCCOCCOC(=O)CN1C(=O)C(C)Oc2ccc(-c3csc(CCC)n3)cc21. The molecule has 1 amide bonds. The number of fused-ring (bicyclic) bond motifs is 1. The summed E-state index contributed by atoms with van der Waals surface area (Å²) in [6, 6.07) is 5.60. The van der Waals surface area contributed by atoms with Gasteiger partial charge in [0.2, 0.25) is 0 Å². The highest BCUT2D eigenvalue weighted by atomic mass is 32.1. The Morgan fingerprint density at radius 3 is 2.84 bits per heavy atom. The smallest absolute Gasteiger partial charge is 0.326 e. The first-order chi connectivity index (χ1) is 15.0. The largest absolute Gasteiger partial charge is 0.479 e. The molecule has 2 heterocycles. The van der Waals surface area contributed by atoms with Crippen molar-refractivity contribution < 1.29 is 23.8 Å². The average Bonchev–Trinajstić information content (AvgIpc) is 3.22. The fraction of sp³-hybridized carbons (Fsp3) is 0.522. The van der Waals surface area contributed by atoms with Crippen LogP contribution in [0.5, 0.6) is 5.75 Å². The number of anilines is 1. The van der Waals surface area contributed by atoms with Crippen molar-refractivity contribution in [2.75, 3.05) is 31.3 Å². The first-order valence-electron chi connectivity index (χ1n) is 10.8. The molecule has 31 heavy (non-hydrogen) atoms. The molecule has 0 radical (unpaired) electrons. The normalized spacial score (nSPS) is 15.5. The number of hydrogen-bond donors (Lipinski definition) is 0. The van der Waals surface area contributed by atoms with Crippen LogP contribution in [0.3, 0.4) is 0 Å². The number of aromatic nitrogens is 1. The minimum atomic E-state index is -0.668. The van der Waals surface area contributed by atoms with Gasteiger partial charge in [0.1, 0.15) is 18.9 Å². The van der Waals surface area contributed by atoms with E-state index in [1.165, 1.54) is 4.90 Å². The van der Waals surface area contributed by atoms with Crippen molar-refractivity contribution in [1.82, 2.24) is 4.98 Å².